The van der Waals surface area contributed by atoms with E-state index >= 15 is 0 Å². The third-order valence-corrected chi connectivity index (χ3v) is 2.73. The SMILES string of the molecule is CC1CC[C@@H]2C[C@@H]1C(=O)O2. The Morgan fingerprint density at radius 2 is 2.30 bits per heavy atom. The zero-order valence-electron chi connectivity index (χ0n) is 6.17. The van der Waals surface area contributed by atoms with Crippen LogP contribution < -0.4 is 0 Å². The number of hydrogen-bond donors (Lipinski definition) is 0. The molecule has 0 aromatic heterocycles. The summed E-state index contributed by atoms with van der Waals surface area (Å²) in [4.78, 5) is 11.0. The van der Waals surface area contributed by atoms with Gasteiger partial charge in [-0.05, 0) is 25.2 Å². The summed E-state index contributed by atoms with van der Waals surface area (Å²) in [6.45, 7) is 2.15. The van der Waals surface area contributed by atoms with E-state index in [0.29, 0.717) is 5.92 Å². The van der Waals surface area contributed by atoms with Crippen LogP contribution in [0.4, 0.5) is 0 Å². The molecule has 1 saturated carbocycles. The van der Waals surface area contributed by atoms with Crippen LogP contribution in [0, 0.1) is 11.8 Å². The first-order chi connectivity index (χ1) is 4.77. The molecular formula is C8H12O2. The van der Waals surface area contributed by atoms with Gasteiger partial charge in [-0.2, -0.15) is 0 Å². The molecule has 1 aliphatic carbocycles. The van der Waals surface area contributed by atoms with Crippen molar-refractivity contribution in [3.05, 3.63) is 0 Å². The van der Waals surface area contributed by atoms with Crippen LogP contribution in [0.5, 0.6) is 0 Å². The summed E-state index contributed by atoms with van der Waals surface area (Å²) in [5.74, 6) is 0.847. The minimum absolute atomic E-state index is 0.0509. The van der Waals surface area contributed by atoms with Crippen molar-refractivity contribution in [2.24, 2.45) is 11.8 Å². The van der Waals surface area contributed by atoms with Gasteiger partial charge in [-0.15, -0.1) is 0 Å². The maximum atomic E-state index is 11.0. The Morgan fingerprint density at radius 1 is 1.50 bits per heavy atom. The van der Waals surface area contributed by atoms with Crippen LogP contribution in [0.1, 0.15) is 26.2 Å². The largest absolute Gasteiger partial charge is 0.462 e. The zero-order valence-corrected chi connectivity index (χ0v) is 6.17. The number of hydrogen-bond acceptors (Lipinski definition) is 2. The molecule has 1 unspecified atom stereocenters. The summed E-state index contributed by atoms with van der Waals surface area (Å²) in [6.07, 6.45) is 3.51. The predicted octanol–water partition coefficient (Wildman–Crippen LogP) is 1.35. The first-order valence-electron chi connectivity index (χ1n) is 3.98. The van der Waals surface area contributed by atoms with E-state index in [9.17, 15) is 4.79 Å². The Bertz CT molecular complexity index is 165. The Balaban J connectivity index is 2.17. The van der Waals surface area contributed by atoms with E-state index in [4.69, 9.17) is 4.74 Å². The van der Waals surface area contributed by atoms with Gasteiger partial charge in [0.2, 0.25) is 0 Å². The van der Waals surface area contributed by atoms with Crippen molar-refractivity contribution in [1.82, 2.24) is 0 Å². The lowest BCUT2D eigenvalue weighted by atomic mass is 9.81. The molecule has 10 heavy (non-hydrogen) atoms. The quantitative estimate of drug-likeness (QED) is 0.475. The van der Waals surface area contributed by atoms with Gasteiger partial charge in [0.25, 0.3) is 0 Å². The molecule has 0 amide bonds. The molecule has 1 heterocycles. The molecule has 0 spiro atoms. The number of esters is 1. The van der Waals surface area contributed by atoms with E-state index in [1.165, 1.54) is 6.42 Å². The summed E-state index contributed by atoms with van der Waals surface area (Å²) >= 11 is 0. The molecule has 1 aliphatic heterocycles. The second-order valence-corrected chi connectivity index (χ2v) is 3.46. The van der Waals surface area contributed by atoms with Crippen LogP contribution in [0.3, 0.4) is 0 Å². The minimum Gasteiger partial charge on any atom is -0.462 e. The number of fused-ring (bicyclic) bond motifs is 2. The van der Waals surface area contributed by atoms with Gasteiger partial charge in [0, 0.05) is 0 Å². The average molecular weight is 140 g/mol. The molecule has 0 N–H and O–H groups in total. The van der Waals surface area contributed by atoms with Crippen LogP contribution in [0.2, 0.25) is 0 Å². The lowest BCUT2D eigenvalue weighted by Crippen LogP contribution is -2.19. The lowest BCUT2D eigenvalue weighted by molar-refractivity contribution is -0.143. The number of ether oxygens (including phenoxy) is 1. The molecule has 56 valence electrons. The highest BCUT2D eigenvalue weighted by Gasteiger charge is 2.41. The molecule has 2 bridgehead atoms. The van der Waals surface area contributed by atoms with Gasteiger partial charge in [0.15, 0.2) is 0 Å². The molecule has 2 heteroatoms. The first-order valence-corrected chi connectivity index (χ1v) is 3.98. The van der Waals surface area contributed by atoms with Crippen molar-refractivity contribution in [1.29, 1.82) is 0 Å². The van der Waals surface area contributed by atoms with Crippen LogP contribution in [-0.4, -0.2) is 12.1 Å². The van der Waals surface area contributed by atoms with Crippen LogP contribution in [0.15, 0.2) is 0 Å². The molecule has 0 aromatic carbocycles. The Hall–Kier alpha value is -0.530. The van der Waals surface area contributed by atoms with Gasteiger partial charge >= 0.3 is 5.97 Å². The molecule has 1 saturated heterocycles. The summed E-state index contributed by atoms with van der Waals surface area (Å²) in [7, 11) is 0. The second kappa shape index (κ2) is 1.97. The topological polar surface area (TPSA) is 26.3 Å². The Morgan fingerprint density at radius 3 is 3.00 bits per heavy atom. The fraction of sp³-hybridized carbons (Fsp3) is 0.875. The van der Waals surface area contributed by atoms with E-state index in [1.807, 2.05) is 0 Å². The zero-order chi connectivity index (χ0) is 7.14. The number of carbonyl (C=O) groups excluding carboxylic acids is 1. The van der Waals surface area contributed by atoms with Crippen LogP contribution in [-0.2, 0) is 9.53 Å². The normalized spacial score (nSPS) is 45.3. The van der Waals surface area contributed by atoms with Crippen molar-refractivity contribution in [2.75, 3.05) is 0 Å². The summed E-state index contributed by atoms with van der Waals surface area (Å²) < 4.78 is 5.12. The van der Waals surface area contributed by atoms with Crippen molar-refractivity contribution in [3.63, 3.8) is 0 Å². The highest BCUT2D eigenvalue weighted by atomic mass is 16.6. The average Bonchev–Trinajstić information content (AvgIpc) is 2.21. The molecular weight excluding hydrogens is 128 g/mol. The minimum atomic E-state index is 0.0509. The van der Waals surface area contributed by atoms with E-state index in [0.717, 1.165) is 12.8 Å². The molecule has 2 aliphatic rings. The van der Waals surface area contributed by atoms with Gasteiger partial charge in [-0.1, -0.05) is 6.92 Å². The van der Waals surface area contributed by atoms with Crippen molar-refractivity contribution < 1.29 is 9.53 Å². The van der Waals surface area contributed by atoms with Crippen molar-refractivity contribution in [3.8, 4) is 0 Å². The maximum absolute atomic E-state index is 11.0. The van der Waals surface area contributed by atoms with Gasteiger partial charge in [0.05, 0.1) is 5.92 Å². The highest BCUT2D eigenvalue weighted by Crippen LogP contribution is 2.37. The molecule has 2 nitrogen and oxygen atoms in total. The molecule has 2 rings (SSSR count). The first kappa shape index (κ1) is 6.20. The maximum Gasteiger partial charge on any atom is 0.309 e. The number of carbonyl (C=O) groups is 1. The molecule has 2 fully saturated rings. The third-order valence-electron chi connectivity index (χ3n) is 2.73. The van der Waals surface area contributed by atoms with Crippen LogP contribution >= 0.6 is 0 Å². The van der Waals surface area contributed by atoms with Gasteiger partial charge in [-0.3, -0.25) is 4.79 Å². The second-order valence-electron chi connectivity index (χ2n) is 3.46. The molecule has 0 aromatic rings. The summed E-state index contributed by atoms with van der Waals surface area (Å²) in [5, 5.41) is 0. The van der Waals surface area contributed by atoms with Crippen molar-refractivity contribution in [2.45, 2.75) is 32.3 Å². The van der Waals surface area contributed by atoms with Crippen molar-refractivity contribution >= 4 is 5.97 Å². The van der Waals surface area contributed by atoms with Gasteiger partial charge < -0.3 is 4.74 Å². The summed E-state index contributed by atoms with van der Waals surface area (Å²) in [5.41, 5.74) is 0. The highest BCUT2D eigenvalue weighted by molar-refractivity contribution is 5.75. The third kappa shape index (κ3) is 0.746. The van der Waals surface area contributed by atoms with E-state index in [1.54, 1.807) is 0 Å². The molecule has 0 radical (unpaired) electrons. The monoisotopic (exact) mass is 140 g/mol. The lowest BCUT2D eigenvalue weighted by Gasteiger charge is -2.20. The van der Waals surface area contributed by atoms with E-state index in [-0.39, 0.29) is 18.0 Å². The standard InChI is InChI=1S/C8H12O2/c1-5-2-3-6-4-7(5)8(9)10-6/h5-7H,2-4H2,1H3/t5?,6-,7+/m1/s1. The Labute approximate surface area is 60.6 Å². The predicted molar refractivity (Wildman–Crippen MR) is 36.4 cm³/mol. The van der Waals surface area contributed by atoms with E-state index in [2.05, 4.69) is 6.92 Å². The molecule has 3 atom stereocenters. The van der Waals surface area contributed by atoms with Gasteiger partial charge in [-0.25, -0.2) is 0 Å². The number of rotatable bonds is 0. The fourth-order valence-corrected chi connectivity index (χ4v) is 1.97. The van der Waals surface area contributed by atoms with Crippen LogP contribution in [0.25, 0.3) is 0 Å². The van der Waals surface area contributed by atoms with E-state index < -0.39 is 0 Å². The smallest absolute Gasteiger partial charge is 0.309 e. The van der Waals surface area contributed by atoms with Gasteiger partial charge in [0.1, 0.15) is 6.10 Å². The fourth-order valence-electron chi connectivity index (χ4n) is 1.97. The summed E-state index contributed by atoms with van der Waals surface area (Å²) in [6, 6.07) is 0. The Kier molecular flexibility index (Phi) is 1.22.